The maximum absolute atomic E-state index is 12.1. The van der Waals surface area contributed by atoms with Gasteiger partial charge < -0.3 is 10.7 Å². The molecule has 6 nitrogen and oxygen atoms in total. The first-order chi connectivity index (χ1) is 9.05. The normalized spacial score (nSPS) is 11.5. The predicted molar refractivity (Wildman–Crippen MR) is 73.1 cm³/mol. The first kappa shape index (κ1) is 13.6. The lowest BCUT2D eigenvalue weighted by atomic mass is 10.2. The van der Waals surface area contributed by atoms with Crippen LogP contribution < -0.4 is 10.5 Å². The Morgan fingerprint density at radius 3 is 2.84 bits per heavy atom. The number of anilines is 1. The summed E-state index contributed by atoms with van der Waals surface area (Å²) in [4.78, 5) is 6.75. The van der Waals surface area contributed by atoms with E-state index in [9.17, 15) is 8.42 Å². The molecule has 102 valence electrons. The Bertz CT molecular complexity index is 664. The fourth-order valence-corrected chi connectivity index (χ4v) is 2.62. The molecule has 2 aromatic rings. The van der Waals surface area contributed by atoms with E-state index in [1.165, 1.54) is 6.20 Å². The van der Waals surface area contributed by atoms with Crippen LogP contribution in [0, 0.1) is 0 Å². The van der Waals surface area contributed by atoms with Gasteiger partial charge in [-0.1, -0.05) is 19.1 Å². The Morgan fingerprint density at radius 1 is 1.42 bits per heavy atom. The number of imidazole rings is 1. The van der Waals surface area contributed by atoms with Crippen molar-refractivity contribution in [3.05, 3.63) is 41.9 Å². The average Bonchev–Trinajstić information content (AvgIpc) is 2.88. The van der Waals surface area contributed by atoms with E-state index in [1.807, 2.05) is 13.0 Å². The van der Waals surface area contributed by atoms with Gasteiger partial charge in [0.15, 0.2) is 5.03 Å². The van der Waals surface area contributed by atoms with Crippen molar-refractivity contribution in [2.45, 2.75) is 24.9 Å². The zero-order valence-electron chi connectivity index (χ0n) is 10.6. The molecule has 0 unspecified atom stereocenters. The lowest BCUT2D eigenvalue weighted by molar-refractivity contribution is 0.598. The third-order valence-electron chi connectivity index (χ3n) is 2.64. The minimum absolute atomic E-state index is 0.0579. The second kappa shape index (κ2) is 5.41. The van der Waals surface area contributed by atoms with Crippen molar-refractivity contribution in [3.63, 3.8) is 0 Å². The van der Waals surface area contributed by atoms with Crippen LogP contribution in [0.25, 0.3) is 0 Å². The Labute approximate surface area is 112 Å². The summed E-state index contributed by atoms with van der Waals surface area (Å²) in [5, 5.41) is 0.0579. The van der Waals surface area contributed by atoms with Crippen LogP contribution in [-0.4, -0.2) is 18.4 Å². The average molecular weight is 280 g/mol. The second-order valence-electron chi connectivity index (χ2n) is 4.06. The van der Waals surface area contributed by atoms with E-state index in [2.05, 4.69) is 14.7 Å². The summed E-state index contributed by atoms with van der Waals surface area (Å²) in [6.07, 6.45) is 1.96. The molecule has 0 aliphatic rings. The van der Waals surface area contributed by atoms with E-state index in [0.29, 0.717) is 24.5 Å². The molecule has 0 atom stereocenters. The quantitative estimate of drug-likeness (QED) is 0.766. The number of hydrogen-bond donors (Lipinski definition) is 3. The number of nitrogens with one attached hydrogen (secondary N) is 2. The zero-order valence-corrected chi connectivity index (χ0v) is 11.4. The Morgan fingerprint density at radius 2 is 2.21 bits per heavy atom. The van der Waals surface area contributed by atoms with Gasteiger partial charge in [-0.2, -0.15) is 8.42 Å². The summed E-state index contributed by atoms with van der Waals surface area (Å²) in [6, 6.07) is 6.97. The number of nitrogens with two attached hydrogens (primary N) is 1. The summed E-state index contributed by atoms with van der Waals surface area (Å²) in [5.74, 6) is 0.635. The molecule has 19 heavy (non-hydrogen) atoms. The van der Waals surface area contributed by atoms with Crippen molar-refractivity contribution < 1.29 is 8.42 Å². The van der Waals surface area contributed by atoms with Crippen molar-refractivity contribution in [2.24, 2.45) is 5.73 Å². The van der Waals surface area contributed by atoms with Crippen LogP contribution in [0.1, 0.15) is 18.3 Å². The standard InChI is InChI=1S/C12H16N4O2S/c1-2-11-14-8-12(15-11)19(17,18)16-10-5-3-4-9(6-10)7-13/h3-6,8,16H,2,7,13H2,1H3,(H,14,15). The number of sulfonamides is 1. The van der Waals surface area contributed by atoms with Crippen LogP contribution in [0.2, 0.25) is 0 Å². The van der Waals surface area contributed by atoms with Crippen molar-refractivity contribution >= 4 is 15.7 Å². The summed E-state index contributed by atoms with van der Waals surface area (Å²) in [6.45, 7) is 2.26. The fourth-order valence-electron chi connectivity index (χ4n) is 1.63. The maximum Gasteiger partial charge on any atom is 0.278 e. The van der Waals surface area contributed by atoms with E-state index in [1.54, 1.807) is 18.2 Å². The molecule has 0 bridgehead atoms. The van der Waals surface area contributed by atoms with Gasteiger partial charge in [-0.3, -0.25) is 4.72 Å². The predicted octanol–water partition coefficient (Wildman–Crippen LogP) is 1.23. The van der Waals surface area contributed by atoms with Crippen LogP contribution in [0.5, 0.6) is 0 Å². The smallest absolute Gasteiger partial charge is 0.278 e. The molecule has 1 aromatic carbocycles. The van der Waals surface area contributed by atoms with E-state index in [0.717, 1.165) is 5.56 Å². The fraction of sp³-hybridized carbons (Fsp3) is 0.250. The molecule has 0 aliphatic heterocycles. The largest absolute Gasteiger partial charge is 0.332 e. The lowest BCUT2D eigenvalue weighted by Crippen LogP contribution is -2.13. The van der Waals surface area contributed by atoms with Gasteiger partial charge >= 0.3 is 0 Å². The van der Waals surface area contributed by atoms with E-state index < -0.39 is 10.0 Å². The molecule has 1 heterocycles. The third kappa shape index (κ3) is 3.12. The second-order valence-corrected chi connectivity index (χ2v) is 5.71. The van der Waals surface area contributed by atoms with E-state index >= 15 is 0 Å². The van der Waals surface area contributed by atoms with Gasteiger partial charge in [-0.15, -0.1) is 0 Å². The molecule has 4 N–H and O–H groups in total. The zero-order chi connectivity index (χ0) is 13.9. The summed E-state index contributed by atoms with van der Waals surface area (Å²) < 4.78 is 26.7. The minimum atomic E-state index is -3.64. The number of rotatable bonds is 5. The summed E-state index contributed by atoms with van der Waals surface area (Å²) >= 11 is 0. The molecular weight excluding hydrogens is 264 g/mol. The van der Waals surface area contributed by atoms with Crippen molar-refractivity contribution in [2.75, 3.05) is 4.72 Å². The van der Waals surface area contributed by atoms with E-state index in [4.69, 9.17) is 5.73 Å². The van der Waals surface area contributed by atoms with Gasteiger partial charge in [-0.05, 0) is 17.7 Å². The highest BCUT2D eigenvalue weighted by molar-refractivity contribution is 7.92. The number of aromatic nitrogens is 2. The SMILES string of the molecule is CCc1ncc(S(=O)(=O)Nc2cccc(CN)c2)[nH]1. The number of benzene rings is 1. The van der Waals surface area contributed by atoms with Crippen LogP contribution in [0.3, 0.4) is 0 Å². The number of H-pyrrole nitrogens is 1. The van der Waals surface area contributed by atoms with Gasteiger partial charge in [0, 0.05) is 18.7 Å². The highest BCUT2D eigenvalue weighted by atomic mass is 32.2. The lowest BCUT2D eigenvalue weighted by Gasteiger charge is -2.07. The molecule has 7 heteroatoms. The molecule has 0 radical (unpaired) electrons. The van der Waals surface area contributed by atoms with Crippen molar-refractivity contribution in [1.82, 2.24) is 9.97 Å². The molecule has 0 saturated heterocycles. The van der Waals surface area contributed by atoms with Crippen molar-refractivity contribution in [3.8, 4) is 0 Å². The maximum atomic E-state index is 12.1. The Balaban J connectivity index is 2.25. The number of aryl methyl sites for hydroxylation is 1. The molecule has 0 amide bonds. The third-order valence-corrected chi connectivity index (χ3v) is 3.94. The van der Waals surface area contributed by atoms with Gasteiger partial charge in [0.05, 0.1) is 6.20 Å². The number of aromatic amines is 1. The Hall–Kier alpha value is -1.86. The molecule has 1 aromatic heterocycles. The van der Waals surface area contributed by atoms with Crippen molar-refractivity contribution in [1.29, 1.82) is 0 Å². The first-order valence-electron chi connectivity index (χ1n) is 5.91. The van der Waals surface area contributed by atoms with Crippen LogP contribution >= 0.6 is 0 Å². The summed E-state index contributed by atoms with van der Waals surface area (Å²) in [5.41, 5.74) is 6.86. The summed E-state index contributed by atoms with van der Waals surface area (Å²) in [7, 11) is -3.64. The number of nitrogens with zero attached hydrogens (tertiary/aromatic N) is 1. The number of hydrogen-bond acceptors (Lipinski definition) is 4. The molecule has 0 fully saturated rings. The van der Waals surface area contributed by atoms with Crippen LogP contribution in [-0.2, 0) is 23.0 Å². The minimum Gasteiger partial charge on any atom is -0.332 e. The molecule has 2 rings (SSSR count). The van der Waals surface area contributed by atoms with E-state index in [-0.39, 0.29) is 5.03 Å². The molecule has 0 aliphatic carbocycles. The molecule has 0 saturated carbocycles. The molecular formula is C12H16N4O2S. The van der Waals surface area contributed by atoms with Gasteiger partial charge in [0.25, 0.3) is 10.0 Å². The monoisotopic (exact) mass is 280 g/mol. The molecule has 0 spiro atoms. The Kier molecular flexibility index (Phi) is 3.87. The van der Waals surface area contributed by atoms with Crippen LogP contribution in [0.15, 0.2) is 35.5 Å². The van der Waals surface area contributed by atoms with Gasteiger partial charge in [-0.25, -0.2) is 4.98 Å². The highest BCUT2D eigenvalue weighted by Crippen LogP contribution is 2.16. The highest BCUT2D eigenvalue weighted by Gasteiger charge is 2.17. The first-order valence-corrected chi connectivity index (χ1v) is 7.39. The topological polar surface area (TPSA) is 101 Å². The van der Waals surface area contributed by atoms with Gasteiger partial charge in [0.2, 0.25) is 0 Å². The van der Waals surface area contributed by atoms with Crippen LogP contribution in [0.4, 0.5) is 5.69 Å². The van der Waals surface area contributed by atoms with Gasteiger partial charge in [0.1, 0.15) is 5.82 Å².